The minimum absolute atomic E-state index is 0.336. The van der Waals surface area contributed by atoms with Crippen LogP contribution in [-0.2, 0) is 4.74 Å². The highest BCUT2D eigenvalue weighted by Crippen LogP contribution is 2.24. The third-order valence-corrected chi connectivity index (χ3v) is 5.85. The smallest absolute Gasteiger partial charge is 0.323 e. The molecule has 2 saturated heterocycles. The Balaban J connectivity index is 1.36. The highest BCUT2D eigenvalue weighted by Gasteiger charge is 2.20. The van der Waals surface area contributed by atoms with Gasteiger partial charge in [-0.3, -0.25) is 4.98 Å². The Morgan fingerprint density at radius 2 is 1.60 bits per heavy atom. The molecule has 2 aromatic heterocycles. The summed E-state index contributed by atoms with van der Waals surface area (Å²) in [5.74, 6) is 1.97. The topological polar surface area (TPSA) is 120 Å². The Kier molecular flexibility index (Phi) is 7.25. The summed E-state index contributed by atoms with van der Waals surface area (Å²) in [7, 11) is 0. The van der Waals surface area contributed by atoms with Crippen LogP contribution in [0.4, 0.5) is 28.1 Å². The standard InChI is InChI=1S/C24H29N9O2/c34-24(28-20-3-1-8-26-17-20)27-19-6-4-18(5-7-19)21-29-22(32-11-2-9-25-10-12-32)31-23(30-21)33-13-15-35-16-14-33/h1,3-8,17,25H,2,9-16H2,(H2,27,28,34). The van der Waals surface area contributed by atoms with Crippen molar-refractivity contribution in [3.63, 3.8) is 0 Å². The number of hydrogen-bond donors (Lipinski definition) is 3. The molecule has 5 rings (SSSR count). The van der Waals surface area contributed by atoms with E-state index < -0.39 is 0 Å². The molecule has 2 amide bonds. The van der Waals surface area contributed by atoms with Crippen LogP contribution in [0.3, 0.4) is 0 Å². The van der Waals surface area contributed by atoms with Gasteiger partial charge in [-0.05, 0) is 49.4 Å². The summed E-state index contributed by atoms with van der Waals surface area (Å²) in [5.41, 5.74) is 2.14. The number of carbonyl (C=O) groups is 1. The van der Waals surface area contributed by atoms with Gasteiger partial charge >= 0.3 is 6.03 Å². The molecular weight excluding hydrogens is 446 g/mol. The molecule has 1 aromatic carbocycles. The molecular formula is C24H29N9O2. The fourth-order valence-corrected chi connectivity index (χ4v) is 4.01. The number of carbonyl (C=O) groups excluding carboxylic acids is 1. The number of benzene rings is 1. The van der Waals surface area contributed by atoms with Crippen molar-refractivity contribution >= 4 is 29.3 Å². The Morgan fingerprint density at radius 3 is 2.34 bits per heavy atom. The van der Waals surface area contributed by atoms with E-state index in [1.807, 2.05) is 24.3 Å². The van der Waals surface area contributed by atoms with Crippen LogP contribution >= 0.6 is 0 Å². The number of nitrogens with one attached hydrogen (secondary N) is 3. The molecule has 0 radical (unpaired) electrons. The predicted molar refractivity (Wildman–Crippen MR) is 135 cm³/mol. The fourth-order valence-electron chi connectivity index (χ4n) is 4.01. The molecule has 3 aromatic rings. The van der Waals surface area contributed by atoms with Crippen molar-refractivity contribution in [1.82, 2.24) is 25.3 Å². The van der Waals surface area contributed by atoms with Crippen molar-refractivity contribution in [2.45, 2.75) is 6.42 Å². The largest absolute Gasteiger partial charge is 0.378 e. The predicted octanol–water partition coefficient (Wildman–Crippen LogP) is 2.21. The van der Waals surface area contributed by atoms with Gasteiger partial charge in [0.1, 0.15) is 0 Å². The molecule has 4 heterocycles. The lowest BCUT2D eigenvalue weighted by atomic mass is 10.2. The van der Waals surface area contributed by atoms with E-state index in [4.69, 9.17) is 19.7 Å². The van der Waals surface area contributed by atoms with Crippen LogP contribution in [0.25, 0.3) is 11.4 Å². The van der Waals surface area contributed by atoms with Crippen molar-refractivity contribution in [1.29, 1.82) is 0 Å². The lowest BCUT2D eigenvalue weighted by Gasteiger charge is -2.28. The quantitative estimate of drug-likeness (QED) is 0.510. The van der Waals surface area contributed by atoms with Crippen molar-refractivity contribution in [3.8, 4) is 11.4 Å². The Bertz CT molecular complexity index is 1110. The van der Waals surface area contributed by atoms with E-state index >= 15 is 0 Å². The number of morpholine rings is 1. The maximum atomic E-state index is 12.3. The minimum atomic E-state index is -0.336. The highest BCUT2D eigenvalue weighted by atomic mass is 16.5. The third-order valence-electron chi connectivity index (χ3n) is 5.85. The summed E-state index contributed by atoms with van der Waals surface area (Å²) in [4.78, 5) is 35.1. The zero-order valence-electron chi connectivity index (χ0n) is 19.5. The molecule has 35 heavy (non-hydrogen) atoms. The summed E-state index contributed by atoms with van der Waals surface area (Å²) >= 11 is 0. The molecule has 3 N–H and O–H groups in total. The van der Waals surface area contributed by atoms with E-state index in [1.54, 1.807) is 24.5 Å². The van der Waals surface area contributed by atoms with Crippen LogP contribution in [0.15, 0.2) is 48.8 Å². The molecule has 2 fully saturated rings. The molecule has 182 valence electrons. The Labute approximate surface area is 204 Å². The average molecular weight is 476 g/mol. The van der Waals surface area contributed by atoms with Crippen LogP contribution in [0.1, 0.15) is 6.42 Å². The van der Waals surface area contributed by atoms with Crippen LogP contribution in [0.5, 0.6) is 0 Å². The number of hydrogen-bond acceptors (Lipinski definition) is 9. The summed E-state index contributed by atoms with van der Waals surface area (Å²) in [5, 5.41) is 9.02. The molecule has 0 aliphatic carbocycles. The van der Waals surface area contributed by atoms with Gasteiger partial charge in [-0.25, -0.2) is 4.79 Å². The molecule has 0 atom stereocenters. The number of anilines is 4. The first-order chi connectivity index (χ1) is 17.2. The summed E-state index contributed by atoms with van der Waals surface area (Å²) in [6.07, 6.45) is 4.28. The molecule has 2 aliphatic rings. The normalized spacial score (nSPS) is 16.5. The average Bonchev–Trinajstić information content (AvgIpc) is 3.20. The first kappa shape index (κ1) is 22.9. The van der Waals surface area contributed by atoms with Gasteiger partial charge in [0, 0.05) is 50.2 Å². The SMILES string of the molecule is O=C(Nc1ccc(-c2nc(N3CCCNCC3)nc(N3CCOCC3)n2)cc1)Nc1cccnc1. The number of urea groups is 1. The van der Waals surface area contributed by atoms with Gasteiger partial charge in [0.15, 0.2) is 5.82 Å². The number of pyridine rings is 1. The van der Waals surface area contributed by atoms with Gasteiger partial charge in [-0.2, -0.15) is 15.0 Å². The zero-order chi connectivity index (χ0) is 23.9. The van der Waals surface area contributed by atoms with E-state index in [0.29, 0.717) is 42.3 Å². The summed E-state index contributed by atoms with van der Waals surface area (Å²) < 4.78 is 5.51. The fraction of sp³-hybridized carbons (Fsp3) is 0.375. The lowest BCUT2D eigenvalue weighted by Crippen LogP contribution is -2.38. The van der Waals surface area contributed by atoms with E-state index in [1.165, 1.54) is 0 Å². The van der Waals surface area contributed by atoms with Gasteiger partial charge in [0.05, 0.1) is 25.1 Å². The maximum Gasteiger partial charge on any atom is 0.323 e. The van der Waals surface area contributed by atoms with Crippen molar-refractivity contribution in [3.05, 3.63) is 48.8 Å². The number of amides is 2. The molecule has 0 saturated carbocycles. The second kappa shape index (κ2) is 11.1. The maximum absolute atomic E-state index is 12.3. The van der Waals surface area contributed by atoms with Gasteiger partial charge in [-0.1, -0.05) is 0 Å². The van der Waals surface area contributed by atoms with E-state index in [2.05, 4.69) is 30.7 Å². The zero-order valence-corrected chi connectivity index (χ0v) is 19.5. The third kappa shape index (κ3) is 6.00. The van der Waals surface area contributed by atoms with E-state index in [0.717, 1.165) is 51.3 Å². The summed E-state index contributed by atoms with van der Waals surface area (Å²) in [6, 6.07) is 10.7. The van der Waals surface area contributed by atoms with Gasteiger partial charge in [-0.15, -0.1) is 0 Å². The molecule has 2 aliphatic heterocycles. The van der Waals surface area contributed by atoms with Gasteiger partial charge in [0.25, 0.3) is 0 Å². The van der Waals surface area contributed by atoms with Gasteiger partial charge < -0.3 is 30.5 Å². The van der Waals surface area contributed by atoms with E-state index in [-0.39, 0.29) is 6.03 Å². The first-order valence-electron chi connectivity index (χ1n) is 11.9. The Hall–Kier alpha value is -3.83. The number of ether oxygens (including phenoxy) is 1. The monoisotopic (exact) mass is 475 g/mol. The molecule has 11 heteroatoms. The van der Waals surface area contributed by atoms with Crippen molar-refractivity contribution < 1.29 is 9.53 Å². The highest BCUT2D eigenvalue weighted by molar-refractivity contribution is 5.99. The van der Waals surface area contributed by atoms with Crippen LogP contribution < -0.4 is 25.8 Å². The summed E-state index contributed by atoms with van der Waals surface area (Å²) in [6.45, 7) is 6.45. The molecule has 0 bridgehead atoms. The number of aromatic nitrogens is 4. The van der Waals surface area contributed by atoms with Crippen LogP contribution in [0.2, 0.25) is 0 Å². The molecule has 0 spiro atoms. The number of nitrogens with zero attached hydrogens (tertiary/aromatic N) is 6. The molecule has 0 unspecified atom stereocenters. The van der Waals surface area contributed by atoms with Crippen LogP contribution in [0, 0.1) is 0 Å². The van der Waals surface area contributed by atoms with E-state index in [9.17, 15) is 4.79 Å². The molecule has 11 nitrogen and oxygen atoms in total. The van der Waals surface area contributed by atoms with Gasteiger partial charge in [0.2, 0.25) is 11.9 Å². The van der Waals surface area contributed by atoms with Crippen LogP contribution in [-0.4, -0.2) is 78.4 Å². The number of rotatable bonds is 5. The lowest BCUT2D eigenvalue weighted by molar-refractivity contribution is 0.122. The Morgan fingerprint density at radius 1 is 0.857 bits per heavy atom. The second-order valence-corrected chi connectivity index (χ2v) is 8.35. The minimum Gasteiger partial charge on any atom is -0.378 e. The second-order valence-electron chi connectivity index (χ2n) is 8.35. The van der Waals surface area contributed by atoms with Crippen molar-refractivity contribution in [2.75, 3.05) is 72.9 Å². The van der Waals surface area contributed by atoms with Crippen molar-refractivity contribution in [2.24, 2.45) is 0 Å². The first-order valence-corrected chi connectivity index (χ1v) is 11.9.